The Balaban J connectivity index is 1.31. The van der Waals surface area contributed by atoms with E-state index in [4.69, 9.17) is 18.9 Å². The molecule has 238 valence electrons. The molecule has 9 heteroatoms. The van der Waals surface area contributed by atoms with E-state index in [0.717, 1.165) is 43.0 Å². The van der Waals surface area contributed by atoms with Crippen molar-refractivity contribution < 1.29 is 38.4 Å². The molecule has 2 saturated heterocycles. The second-order valence-corrected chi connectivity index (χ2v) is 16.1. The Labute approximate surface area is 259 Å². The quantitative estimate of drug-likeness (QED) is 0.408. The number of aliphatic hydroxyl groups is 1. The van der Waals surface area contributed by atoms with Crippen molar-refractivity contribution in [1.29, 1.82) is 0 Å². The zero-order chi connectivity index (χ0) is 31.3. The largest absolute Gasteiger partial charge is 0.462 e. The van der Waals surface area contributed by atoms with E-state index in [1.54, 1.807) is 18.4 Å². The van der Waals surface area contributed by atoms with Gasteiger partial charge >= 0.3 is 11.9 Å². The van der Waals surface area contributed by atoms with Crippen LogP contribution in [0, 0.1) is 40.4 Å². The maximum absolute atomic E-state index is 12.7. The van der Waals surface area contributed by atoms with Crippen molar-refractivity contribution in [3.63, 3.8) is 0 Å². The lowest BCUT2D eigenvalue weighted by Crippen LogP contribution is -2.59. The minimum atomic E-state index is -1.84. The van der Waals surface area contributed by atoms with Crippen LogP contribution in [0.15, 0.2) is 23.8 Å². The molecule has 12 unspecified atom stereocenters. The predicted octanol–water partition coefficient (Wildman–Crippen LogP) is 5.37. The van der Waals surface area contributed by atoms with E-state index < -0.39 is 28.4 Å². The van der Waals surface area contributed by atoms with Crippen LogP contribution in [0.3, 0.4) is 0 Å². The summed E-state index contributed by atoms with van der Waals surface area (Å²) in [4.78, 5) is 37.4. The van der Waals surface area contributed by atoms with Crippen LogP contribution in [0.2, 0.25) is 0 Å². The topological polar surface area (TPSA) is 108 Å². The van der Waals surface area contributed by atoms with Gasteiger partial charge in [0, 0.05) is 31.1 Å². The molecule has 12 atom stereocenters. The molecule has 8 nitrogen and oxygen atoms in total. The number of esters is 1. The maximum Gasteiger partial charge on any atom is 0.320 e. The fourth-order valence-corrected chi connectivity index (χ4v) is 10.6. The summed E-state index contributed by atoms with van der Waals surface area (Å²) in [6, 6.07) is 0. The Morgan fingerprint density at radius 2 is 1.81 bits per heavy atom. The highest BCUT2D eigenvalue weighted by Crippen LogP contribution is 2.68. The van der Waals surface area contributed by atoms with Crippen molar-refractivity contribution >= 4 is 28.6 Å². The Kier molecular flexibility index (Phi) is 7.50. The van der Waals surface area contributed by atoms with Gasteiger partial charge in [0.25, 0.3) is 0 Å². The Hall–Kier alpha value is -1.52. The van der Waals surface area contributed by atoms with Gasteiger partial charge in [-0.05, 0) is 93.9 Å². The number of thioether (sulfide) groups is 1. The molecule has 2 heterocycles. The highest BCUT2D eigenvalue weighted by Gasteiger charge is 2.70. The van der Waals surface area contributed by atoms with Crippen molar-refractivity contribution in [1.82, 2.24) is 0 Å². The van der Waals surface area contributed by atoms with Gasteiger partial charge in [-0.15, -0.1) is 0 Å². The smallest absolute Gasteiger partial charge is 0.320 e. The lowest BCUT2D eigenvalue weighted by Gasteiger charge is -2.59. The van der Waals surface area contributed by atoms with Crippen molar-refractivity contribution in [2.24, 2.45) is 40.4 Å². The van der Waals surface area contributed by atoms with E-state index >= 15 is 0 Å². The molecule has 4 aliphatic carbocycles. The molecule has 0 radical (unpaired) electrons. The number of rotatable bonds is 5. The molecule has 1 N–H and O–H groups in total. The van der Waals surface area contributed by atoms with Gasteiger partial charge in [-0.3, -0.25) is 14.4 Å². The number of ether oxygens (including phenoxy) is 4. The highest BCUT2D eigenvalue weighted by molar-refractivity contribution is 8.13. The second kappa shape index (κ2) is 10.2. The molecular weight excluding hydrogens is 568 g/mol. The SMILES string of the molecule is CSC(=O)C(O)C12OC(C(C)C3CCC4C5C(OC(C)=O)CC6=CC(=O)C=CC6(C)C5CCC34C)CC(C)(O1)C(C)(C)O2. The third-order valence-electron chi connectivity index (χ3n) is 12.9. The zero-order valence-corrected chi connectivity index (χ0v) is 27.6. The van der Waals surface area contributed by atoms with E-state index in [2.05, 4.69) is 26.8 Å². The van der Waals surface area contributed by atoms with Crippen LogP contribution in [-0.4, -0.2) is 63.7 Å². The summed E-state index contributed by atoms with van der Waals surface area (Å²) in [6.07, 6.45) is 10.4. The predicted molar refractivity (Wildman–Crippen MR) is 162 cm³/mol. The summed E-state index contributed by atoms with van der Waals surface area (Å²) in [5, 5.41) is 10.7. The number of fused-ring (bicyclic) bond motifs is 7. The average Bonchev–Trinajstić information content (AvgIpc) is 3.35. The third kappa shape index (κ3) is 4.57. The number of carbonyl (C=O) groups excluding carboxylic acids is 3. The van der Waals surface area contributed by atoms with Crippen LogP contribution >= 0.6 is 11.8 Å². The van der Waals surface area contributed by atoms with Crippen LogP contribution in [-0.2, 0) is 33.3 Å². The van der Waals surface area contributed by atoms with Crippen LogP contribution in [0.1, 0.15) is 87.0 Å². The zero-order valence-electron chi connectivity index (χ0n) is 26.8. The Bertz CT molecular complexity index is 1270. The van der Waals surface area contributed by atoms with Gasteiger partial charge in [-0.25, -0.2) is 0 Å². The summed E-state index contributed by atoms with van der Waals surface area (Å²) in [7, 11) is 0. The summed E-state index contributed by atoms with van der Waals surface area (Å²) in [5.74, 6) is -0.835. The highest BCUT2D eigenvalue weighted by atomic mass is 32.2. The number of carbonyl (C=O) groups is 3. The third-order valence-corrected chi connectivity index (χ3v) is 13.5. The van der Waals surface area contributed by atoms with Gasteiger partial charge in [-0.2, -0.15) is 0 Å². The molecule has 43 heavy (non-hydrogen) atoms. The molecule has 3 saturated carbocycles. The number of aliphatic hydroxyl groups excluding tert-OH is 1. The maximum atomic E-state index is 12.7. The monoisotopic (exact) mass is 616 g/mol. The van der Waals surface area contributed by atoms with Gasteiger partial charge in [0.15, 0.2) is 5.78 Å². The minimum absolute atomic E-state index is 0.0103. The molecule has 0 aromatic rings. The summed E-state index contributed by atoms with van der Waals surface area (Å²) < 4.78 is 25.3. The van der Waals surface area contributed by atoms with E-state index in [0.29, 0.717) is 24.7 Å². The van der Waals surface area contributed by atoms with Crippen LogP contribution in [0.25, 0.3) is 0 Å². The molecule has 6 aliphatic rings. The normalized spacial score (nSPS) is 47.6. The molecule has 5 fully saturated rings. The molecule has 2 bridgehead atoms. The number of ketones is 1. The molecule has 2 aliphatic heterocycles. The first kappa shape index (κ1) is 31.5. The molecule has 0 amide bonds. The number of allylic oxidation sites excluding steroid dienone is 3. The molecule has 0 spiro atoms. The molecule has 6 rings (SSSR count). The first-order valence-electron chi connectivity index (χ1n) is 16.0. The van der Waals surface area contributed by atoms with Gasteiger partial charge in [0.1, 0.15) is 11.7 Å². The second-order valence-electron chi connectivity index (χ2n) is 15.3. The van der Waals surface area contributed by atoms with E-state index in [9.17, 15) is 19.5 Å². The van der Waals surface area contributed by atoms with Gasteiger partial charge in [0.2, 0.25) is 11.2 Å². The lowest BCUT2D eigenvalue weighted by molar-refractivity contribution is -0.417. The van der Waals surface area contributed by atoms with Crippen molar-refractivity contribution in [3.8, 4) is 0 Å². The van der Waals surface area contributed by atoms with Crippen LogP contribution in [0.5, 0.6) is 0 Å². The number of hydrogen-bond acceptors (Lipinski definition) is 9. The van der Waals surface area contributed by atoms with Crippen LogP contribution in [0.4, 0.5) is 0 Å². The van der Waals surface area contributed by atoms with Gasteiger partial charge < -0.3 is 24.1 Å². The first-order chi connectivity index (χ1) is 20.0. The Morgan fingerprint density at radius 3 is 2.49 bits per heavy atom. The minimum Gasteiger partial charge on any atom is -0.462 e. The van der Waals surface area contributed by atoms with Crippen molar-refractivity contribution in [2.45, 2.75) is 122 Å². The van der Waals surface area contributed by atoms with Crippen molar-refractivity contribution in [2.75, 3.05) is 6.26 Å². The summed E-state index contributed by atoms with van der Waals surface area (Å²) in [5.41, 5.74) is -0.649. The summed E-state index contributed by atoms with van der Waals surface area (Å²) >= 11 is 0.937. The molecule has 0 aromatic heterocycles. The number of hydrogen-bond donors (Lipinski definition) is 1. The molecular formula is C34H48O8S. The fraction of sp³-hybridized carbons (Fsp3) is 0.794. The lowest BCUT2D eigenvalue weighted by atomic mass is 9.46. The van der Waals surface area contributed by atoms with Crippen molar-refractivity contribution in [3.05, 3.63) is 23.8 Å². The summed E-state index contributed by atoms with van der Waals surface area (Å²) in [6.45, 7) is 14.3. The van der Waals surface area contributed by atoms with Gasteiger partial charge in [0.05, 0.1) is 11.7 Å². The standard InChI is InChI=1S/C34H48O8S/c1-18(26-17-33(7)30(3,4)41-34(40-26,42-33)28(37)29(38)43-8)22-9-10-23-27-24(12-14-32(22,23)6)31(5)13-11-21(36)15-20(31)16-25(27)39-19(2)35/h11,13,15,18,22-28,37H,9-10,12,14,16-17H2,1-8H3. The molecule has 0 aromatic carbocycles. The Morgan fingerprint density at radius 1 is 1.09 bits per heavy atom. The van der Waals surface area contributed by atoms with E-state index in [1.165, 1.54) is 6.92 Å². The average molecular weight is 617 g/mol. The van der Waals surface area contributed by atoms with E-state index in [1.807, 2.05) is 20.8 Å². The first-order valence-corrected chi connectivity index (χ1v) is 17.2. The van der Waals surface area contributed by atoms with Gasteiger partial charge in [-0.1, -0.05) is 44.2 Å². The fourth-order valence-electron chi connectivity index (χ4n) is 10.3. The van der Waals surface area contributed by atoms with E-state index in [-0.39, 0.29) is 52.5 Å². The van der Waals surface area contributed by atoms with Crippen LogP contribution < -0.4 is 0 Å².